The highest BCUT2D eigenvalue weighted by molar-refractivity contribution is 7.94. The molecule has 1 unspecified atom stereocenters. The minimum Gasteiger partial charge on any atom is -0.273 e. The van der Waals surface area contributed by atoms with Crippen LogP contribution >= 0.6 is 0 Å². The molecule has 1 aliphatic rings. The maximum Gasteiger partial charge on any atom is 0.244 e. The summed E-state index contributed by atoms with van der Waals surface area (Å²) in [6.07, 6.45) is 1.64. The smallest absolute Gasteiger partial charge is 0.244 e. The second-order valence-corrected chi connectivity index (χ2v) is 10.3. The predicted octanol–water partition coefficient (Wildman–Crippen LogP) is 1.73. The van der Waals surface area contributed by atoms with Crippen LogP contribution in [0.1, 0.15) is 32.3 Å². The van der Waals surface area contributed by atoms with Crippen LogP contribution in [-0.4, -0.2) is 46.4 Å². The van der Waals surface area contributed by atoms with Crippen molar-refractivity contribution < 1.29 is 21.6 Å². The quantitative estimate of drug-likeness (QED) is 0.740. The zero-order valence-electron chi connectivity index (χ0n) is 14.9. The van der Waals surface area contributed by atoms with E-state index in [1.807, 2.05) is 6.92 Å². The van der Waals surface area contributed by atoms with Gasteiger partial charge in [-0.25, -0.2) is 25.4 Å². The highest BCUT2D eigenvalue weighted by Crippen LogP contribution is 2.31. The zero-order valence-corrected chi connectivity index (χ0v) is 16.5. The molecule has 1 fully saturated rings. The summed E-state index contributed by atoms with van der Waals surface area (Å²) in [5.41, 5.74) is 0.588. The van der Waals surface area contributed by atoms with Crippen LogP contribution in [0.2, 0.25) is 0 Å². The predicted molar refractivity (Wildman–Crippen MR) is 96.3 cm³/mol. The number of aryl methyl sites for hydroxylation is 1. The molecule has 0 radical (unpaired) electrons. The molecule has 0 saturated carbocycles. The second-order valence-electron chi connectivity index (χ2n) is 6.41. The van der Waals surface area contributed by atoms with E-state index in [0.717, 1.165) is 17.1 Å². The molecule has 1 aromatic rings. The Morgan fingerprint density at radius 1 is 1.32 bits per heavy atom. The highest BCUT2D eigenvalue weighted by Gasteiger charge is 2.42. The van der Waals surface area contributed by atoms with E-state index in [-0.39, 0.29) is 16.3 Å². The molecule has 7 nitrogen and oxygen atoms in total. The van der Waals surface area contributed by atoms with Crippen LogP contribution in [0, 0.1) is 12.8 Å². The lowest BCUT2D eigenvalue weighted by molar-refractivity contribution is -0.119. The molecule has 0 spiro atoms. The number of benzene rings is 1. The average molecular weight is 389 g/mol. The molecule has 1 atom stereocenters. The Hall–Kier alpha value is -1.45. The summed E-state index contributed by atoms with van der Waals surface area (Å²) in [6, 6.07) is 4.18. The number of amides is 1. The van der Waals surface area contributed by atoms with Gasteiger partial charge < -0.3 is 0 Å². The van der Waals surface area contributed by atoms with E-state index in [1.54, 1.807) is 13.8 Å². The van der Waals surface area contributed by atoms with Gasteiger partial charge in [-0.1, -0.05) is 20.3 Å². The molecular formula is C16H24N2O5S2. The highest BCUT2D eigenvalue weighted by atomic mass is 32.2. The van der Waals surface area contributed by atoms with Crippen LogP contribution in [-0.2, 0) is 24.8 Å². The number of carbonyl (C=O) groups is 1. The van der Waals surface area contributed by atoms with Crippen molar-refractivity contribution in [1.82, 2.24) is 4.31 Å². The first-order chi connectivity index (χ1) is 11.5. The van der Waals surface area contributed by atoms with E-state index < -0.39 is 31.9 Å². The van der Waals surface area contributed by atoms with Gasteiger partial charge in [-0.05, 0) is 37.1 Å². The summed E-state index contributed by atoms with van der Waals surface area (Å²) in [7, 11) is -5.84. The number of sulfonamides is 2. The standard InChI is InChI=1S/C16H24N2O5S2/c1-5-6-9-17(4)25(22,23)15-8-7-14(10-12(15)2)18-16(19)13(3)11-24(18,20)21/h7-8,10,13H,5-6,9,11H2,1-4H3. The molecule has 1 aliphatic heterocycles. The lowest BCUT2D eigenvalue weighted by atomic mass is 10.2. The molecule has 25 heavy (non-hydrogen) atoms. The number of anilines is 1. The van der Waals surface area contributed by atoms with Gasteiger partial charge in [0.15, 0.2) is 0 Å². The Morgan fingerprint density at radius 2 is 1.96 bits per heavy atom. The summed E-state index contributed by atoms with van der Waals surface area (Å²) >= 11 is 0. The molecule has 0 N–H and O–H groups in total. The SMILES string of the molecule is CCCCN(C)S(=O)(=O)c1ccc(N2C(=O)C(C)CS2(=O)=O)cc1C. The fourth-order valence-electron chi connectivity index (χ4n) is 2.81. The first-order valence-electron chi connectivity index (χ1n) is 8.16. The molecule has 1 amide bonds. The summed E-state index contributed by atoms with van der Waals surface area (Å²) < 4.78 is 51.8. The molecule has 2 rings (SSSR count). The third-order valence-corrected chi connectivity index (χ3v) is 8.15. The summed E-state index contributed by atoms with van der Waals surface area (Å²) in [5.74, 6) is -1.33. The molecule has 1 aromatic carbocycles. The number of hydrogen-bond acceptors (Lipinski definition) is 5. The number of unbranched alkanes of at least 4 members (excludes halogenated alkanes) is 1. The van der Waals surface area contributed by atoms with E-state index in [9.17, 15) is 21.6 Å². The topological polar surface area (TPSA) is 91.8 Å². The van der Waals surface area contributed by atoms with Crippen LogP contribution < -0.4 is 4.31 Å². The van der Waals surface area contributed by atoms with Crippen molar-refractivity contribution in [2.75, 3.05) is 23.7 Å². The Balaban J connectivity index is 2.41. The van der Waals surface area contributed by atoms with E-state index in [0.29, 0.717) is 12.1 Å². The Morgan fingerprint density at radius 3 is 2.44 bits per heavy atom. The van der Waals surface area contributed by atoms with Crippen LogP contribution in [0.5, 0.6) is 0 Å². The molecular weight excluding hydrogens is 364 g/mol. The van der Waals surface area contributed by atoms with Crippen molar-refractivity contribution in [2.45, 2.75) is 38.5 Å². The Bertz CT molecular complexity index is 878. The van der Waals surface area contributed by atoms with Gasteiger partial charge in [-0.3, -0.25) is 4.79 Å². The fraction of sp³-hybridized carbons (Fsp3) is 0.562. The van der Waals surface area contributed by atoms with Crippen molar-refractivity contribution in [1.29, 1.82) is 0 Å². The maximum absolute atomic E-state index is 12.7. The van der Waals surface area contributed by atoms with Gasteiger partial charge >= 0.3 is 0 Å². The minimum absolute atomic E-state index is 0.118. The molecule has 0 bridgehead atoms. The second kappa shape index (κ2) is 7.05. The van der Waals surface area contributed by atoms with Gasteiger partial charge in [0.1, 0.15) is 0 Å². The first kappa shape index (κ1) is 19.9. The van der Waals surface area contributed by atoms with Crippen molar-refractivity contribution in [3.05, 3.63) is 23.8 Å². The van der Waals surface area contributed by atoms with Crippen LogP contribution in [0.15, 0.2) is 23.1 Å². The van der Waals surface area contributed by atoms with Crippen LogP contribution in [0.3, 0.4) is 0 Å². The monoisotopic (exact) mass is 388 g/mol. The third-order valence-electron chi connectivity index (χ3n) is 4.27. The average Bonchev–Trinajstić information content (AvgIpc) is 2.71. The first-order valence-corrected chi connectivity index (χ1v) is 11.2. The lowest BCUT2D eigenvalue weighted by Crippen LogP contribution is -2.31. The van der Waals surface area contributed by atoms with Crippen LogP contribution in [0.25, 0.3) is 0 Å². The van der Waals surface area contributed by atoms with E-state index in [1.165, 1.54) is 29.6 Å². The molecule has 1 saturated heterocycles. The summed E-state index contributed by atoms with van der Waals surface area (Å²) in [5, 5.41) is 0. The number of carbonyl (C=O) groups excluding carboxylic acids is 1. The number of nitrogens with zero attached hydrogens (tertiary/aromatic N) is 2. The van der Waals surface area contributed by atoms with Gasteiger partial charge in [0.2, 0.25) is 26.0 Å². The zero-order chi connectivity index (χ0) is 19.0. The normalized spacial score (nSPS) is 20.4. The van der Waals surface area contributed by atoms with Crippen molar-refractivity contribution in [3.8, 4) is 0 Å². The van der Waals surface area contributed by atoms with E-state index in [4.69, 9.17) is 0 Å². The largest absolute Gasteiger partial charge is 0.273 e. The maximum atomic E-state index is 12.7. The van der Waals surface area contributed by atoms with E-state index in [2.05, 4.69) is 0 Å². The number of hydrogen-bond donors (Lipinski definition) is 0. The third kappa shape index (κ3) is 3.73. The van der Waals surface area contributed by atoms with E-state index >= 15 is 0 Å². The molecule has 9 heteroatoms. The molecule has 0 aromatic heterocycles. The molecule has 0 aliphatic carbocycles. The van der Waals surface area contributed by atoms with Gasteiger partial charge in [-0.2, -0.15) is 0 Å². The lowest BCUT2D eigenvalue weighted by Gasteiger charge is -2.20. The van der Waals surface area contributed by atoms with Gasteiger partial charge in [0, 0.05) is 13.6 Å². The van der Waals surface area contributed by atoms with Crippen molar-refractivity contribution in [3.63, 3.8) is 0 Å². The Labute approximate surface area is 149 Å². The van der Waals surface area contributed by atoms with Gasteiger partial charge in [-0.15, -0.1) is 0 Å². The van der Waals surface area contributed by atoms with Crippen molar-refractivity contribution in [2.24, 2.45) is 5.92 Å². The fourth-order valence-corrected chi connectivity index (χ4v) is 6.03. The number of rotatable bonds is 6. The summed E-state index contributed by atoms with van der Waals surface area (Å²) in [4.78, 5) is 12.3. The minimum atomic E-state index is -3.71. The molecule has 140 valence electrons. The molecule has 1 heterocycles. The van der Waals surface area contributed by atoms with Crippen LogP contribution in [0.4, 0.5) is 5.69 Å². The van der Waals surface area contributed by atoms with Gasteiger partial charge in [0.25, 0.3) is 0 Å². The van der Waals surface area contributed by atoms with Crippen molar-refractivity contribution >= 4 is 31.6 Å². The summed E-state index contributed by atoms with van der Waals surface area (Å²) in [6.45, 7) is 5.56. The Kier molecular flexibility index (Phi) is 5.60. The van der Waals surface area contributed by atoms with Gasteiger partial charge in [0.05, 0.1) is 22.3 Å².